The van der Waals surface area contributed by atoms with Crippen molar-refractivity contribution >= 4 is 44.5 Å². The summed E-state index contributed by atoms with van der Waals surface area (Å²) in [7, 11) is -3.78. The zero-order valence-corrected chi connectivity index (χ0v) is 22.3. The molecule has 0 bridgehead atoms. The predicted octanol–water partition coefficient (Wildman–Crippen LogP) is 0.369. The third-order valence-electron chi connectivity index (χ3n) is 6.16. The number of amides is 3. The number of carbonyl (C=O) groups is 3. The van der Waals surface area contributed by atoms with Crippen LogP contribution in [0.15, 0.2) is 54.7 Å². The molecular weight excluding hydrogens is 522 g/mol. The molecule has 0 aliphatic heterocycles. The number of amidine groups is 1. The number of primary amides is 1. The molecule has 0 aliphatic carbocycles. The summed E-state index contributed by atoms with van der Waals surface area (Å²) in [6.07, 6.45) is 1.50. The standard InChI is InChI=1S/C26H33N7O5S/c1-2-39(37,38)33-22(13-18-15-30-20-6-4-3-5-19(18)20)26(36)32-21(11-12-23(27)34)25(35)31-14-16-7-9-17(10-8-16)24(28)29/h3-10,15,21-22,30,33H,2,11-14H2,1H3,(H2,27,34)(H3,28,29)(H,31,35)(H,32,36)/t21-,22+/m0/s1. The Morgan fingerprint density at radius 1 is 1.00 bits per heavy atom. The number of H-pyrrole nitrogens is 1. The molecule has 3 aromatic rings. The topological polar surface area (TPSA) is 213 Å². The van der Waals surface area contributed by atoms with E-state index in [4.69, 9.17) is 16.9 Å². The predicted molar refractivity (Wildman–Crippen MR) is 148 cm³/mol. The molecule has 0 saturated heterocycles. The lowest BCUT2D eigenvalue weighted by Gasteiger charge is -2.23. The van der Waals surface area contributed by atoms with Crippen molar-refractivity contribution in [2.24, 2.45) is 11.5 Å². The summed E-state index contributed by atoms with van der Waals surface area (Å²) < 4.78 is 27.2. The van der Waals surface area contributed by atoms with Crippen LogP contribution < -0.4 is 26.8 Å². The van der Waals surface area contributed by atoms with Gasteiger partial charge in [-0.1, -0.05) is 42.5 Å². The highest BCUT2D eigenvalue weighted by molar-refractivity contribution is 7.89. The number of sulfonamides is 1. The maximum absolute atomic E-state index is 13.4. The largest absolute Gasteiger partial charge is 0.384 e. The van der Waals surface area contributed by atoms with Crippen LogP contribution in [0.2, 0.25) is 0 Å². The van der Waals surface area contributed by atoms with Gasteiger partial charge in [-0.25, -0.2) is 13.1 Å². The minimum atomic E-state index is -3.78. The van der Waals surface area contributed by atoms with E-state index in [2.05, 4.69) is 20.3 Å². The molecule has 3 amide bonds. The zero-order valence-electron chi connectivity index (χ0n) is 21.5. The SMILES string of the molecule is CCS(=O)(=O)N[C@H](Cc1c[nH]c2ccccc12)C(=O)N[C@@H](CCC(N)=O)C(=O)NCc1ccc(C(=N)N)cc1. The lowest BCUT2D eigenvalue weighted by atomic mass is 10.0. The summed E-state index contributed by atoms with van der Waals surface area (Å²) in [5.74, 6) is -2.25. The lowest BCUT2D eigenvalue weighted by molar-refractivity contribution is -0.130. The van der Waals surface area contributed by atoms with Gasteiger partial charge in [0, 0.05) is 35.6 Å². The number of aromatic amines is 1. The fourth-order valence-electron chi connectivity index (χ4n) is 3.95. The number of nitrogens with one attached hydrogen (secondary N) is 5. The molecule has 0 unspecified atom stereocenters. The fraction of sp³-hybridized carbons (Fsp3) is 0.308. The molecule has 2 aromatic carbocycles. The van der Waals surface area contributed by atoms with Crippen molar-refractivity contribution in [2.45, 2.75) is 44.8 Å². The van der Waals surface area contributed by atoms with E-state index in [-0.39, 0.29) is 37.4 Å². The van der Waals surface area contributed by atoms with Crippen molar-refractivity contribution in [3.8, 4) is 0 Å². The Bertz CT molecular complexity index is 1450. The number of hydrogen-bond acceptors (Lipinski definition) is 6. The van der Waals surface area contributed by atoms with Gasteiger partial charge in [0.2, 0.25) is 27.7 Å². The third kappa shape index (κ3) is 8.38. The molecular formula is C26H33N7O5S. The van der Waals surface area contributed by atoms with E-state index < -0.39 is 39.8 Å². The van der Waals surface area contributed by atoms with Crippen LogP contribution in [0.25, 0.3) is 10.9 Å². The van der Waals surface area contributed by atoms with Crippen LogP contribution in [0, 0.1) is 5.41 Å². The molecule has 0 saturated carbocycles. The molecule has 3 rings (SSSR count). The summed E-state index contributed by atoms with van der Waals surface area (Å²) in [6, 6.07) is 11.7. The Labute approximate surface area is 226 Å². The second kappa shape index (κ2) is 13.0. The molecule has 13 heteroatoms. The van der Waals surface area contributed by atoms with Crippen LogP contribution in [0.1, 0.15) is 36.5 Å². The summed E-state index contributed by atoms with van der Waals surface area (Å²) in [5.41, 5.74) is 13.5. The molecule has 0 spiro atoms. The Hall–Kier alpha value is -4.23. The van der Waals surface area contributed by atoms with Gasteiger partial charge in [0.1, 0.15) is 17.9 Å². The van der Waals surface area contributed by atoms with Crippen molar-refractivity contribution in [1.29, 1.82) is 5.41 Å². The van der Waals surface area contributed by atoms with Gasteiger partial charge in [-0.3, -0.25) is 19.8 Å². The monoisotopic (exact) mass is 555 g/mol. The van der Waals surface area contributed by atoms with Crippen LogP contribution in [0.5, 0.6) is 0 Å². The van der Waals surface area contributed by atoms with Gasteiger partial charge in [0.05, 0.1) is 5.75 Å². The zero-order chi connectivity index (χ0) is 28.6. The minimum absolute atomic E-state index is 0.0295. The number of hydrogen-bond donors (Lipinski definition) is 7. The maximum atomic E-state index is 13.4. The number of nitrogens with two attached hydrogens (primary N) is 2. The van der Waals surface area contributed by atoms with E-state index >= 15 is 0 Å². The van der Waals surface area contributed by atoms with Gasteiger partial charge in [-0.05, 0) is 37.0 Å². The van der Waals surface area contributed by atoms with Crippen LogP contribution >= 0.6 is 0 Å². The number of nitrogen functional groups attached to an aromatic ring is 1. The summed E-state index contributed by atoms with van der Waals surface area (Å²) in [4.78, 5) is 40.9. The first-order chi connectivity index (χ1) is 18.5. The molecule has 1 aromatic heterocycles. The van der Waals surface area contributed by atoms with E-state index in [0.717, 1.165) is 22.0 Å². The average molecular weight is 556 g/mol. The number of rotatable bonds is 14. The van der Waals surface area contributed by atoms with E-state index in [9.17, 15) is 22.8 Å². The van der Waals surface area contributed by atoms with Crippen molar-refractivity contribution in [3.63, 3.8) is 0 Å². The van der Waals surface area contributed by atoms with E-state index in [1.165, 1.54) is 6.92 Å². The molecule has 0 fully saturated rings. The lowest BCUT2D eigenvalue weighted by Crippen LogP contribution is -2.54. The van der Waals surface area contributed by atoms with E-state index in [1.807, 2.05) is 24.3 Å². The molecule has 39 heavy (non-hydrogen) atoms. The van der Waals surface area contributed by atoms with Crippen LogP contribution in [-0.4, -0.2) is 54.8 Å². The number of aromatic nitrogens is 1. The normalized spacial score (nSPS) is 12.9. The van der Waals surface area contributed by atoms with Crippen LogP contribution in [0.3, 0.4) is 0 Å². The molecule has 12 nitrogen and oxygen atoms in total. The van der Waals surface area contributed by atoms with E-state index in [1.54, 1.807) is 30.5 Å². The van der Waals surface area contributed by atoms with Crippen LogP contribution in [0.4, 0.5) is 0 Å². The number of carbonyl (C=O) groups excluding carboxylic acids is 3. The van der Waals surface area contributed by atoms with Gasteiger partial charge in [-0.2, -0.15) is 0 Å². The second-order valence-corrected chi connectivity index (χ2v) is 11.1. The minimum Gasteiger partial charge on any atom is -0.384 e. The number of benzene rings is 2. The maximum Gasteiger partial charge on any atom is 0.242 e. The molecule has 0 radical (unpaired) electrons. The highest BCUT2D eigenvalue weighted by Gasteiger charge is 2.29. The van der Waals surface area contributed by atoms with E-state index in [0.29, 0.717) is 5.56 Å². The Morgan fingerprint density at radius 2 is 1.69 bits per heavy atom. The highest BCUT2D eigenvalue weighted by Crippen LogP contribution is 2.19. The van der Waals surface area contributed by atoms with Gasteiger partial charge in [0.25, 0.3) is 0 Å². The third-order valence-corrected chi connectivity index (χ3v) is 7.57. The Morgan fingerprint density at radius 3 is 2.33 bits per heavy atom. The number of fused-ring (bicyclic) bond motifs is 1. The molecule has 0 aliphatic rings. The first-order valence-corrected chi connectivity index (χ1v) is 14.0. The summed E-state index contributed by atoms with van der Waals surface area (Å²) in [5, 5.41) is 13.6. The molecule has 208 valence electrons. The van der Waals surface area contributed by atoms with Crippen molar-refractivity contribution in [1.82, 2.24) is 20.3 Å². The van der Waals surface area contributed by atoms with Gasteiger partial charge >= 0.3 is 0 Å². The molecule has 9 N–H and O–H groups in total. The van der Waals surface area contributed by atoms with Gasteiger partial charge in [0.15, 0.2) is 0 Å². The quantitative estimate of drug-likeness (QED) is 0.110. The summed E-state index contributed by atoms with van der Waals surface area (Å²) in [6.45, 7) is 1.57. The highest BCUT2D eigenvalue weighted by atomic mass is 32.2. The smallest absolute Gasteiger partial charge is 0.242 e. The van der Waals surface area contributed by atoms with Crippen molar-refractivity contribution in [2.75, 3.05) is 5.75 Å². The second-order valence-electron chi connectivity index (χ2n) is 9.03. The van der Waals surface area contributed by atoms with Gasteiger partial charge in [-0.15, -0.1) is 0 Å². The molecule has 2 atom stereocenters. The first kappa shape index (κ1) is 29.3. The van der Waals surface area contributed by atoms with Crippen molar-refractivity contribution in [3.05, 3.63) is 71.4 Å². The Kier molecular flexibility index (Phi) is 9.79. The molecule has 1 heterocycles. The average Bonchev–Trinajstić information content (AvgIpc) is 3.31. The van der Waals surface area contributed by atoms with Gasteiger partial charge < -0.3 is 27.1 Å². The van der Waals surface area contributed by atoms with Crippen molar-refractivity contribution < 1.29 is 22.8 Å². The number of para-hydroxylation sites is 1. The van der Waals surface area contributed by atoms with Crippen LogP contribution in [-0.2, 0) is 37.4 Å². The summed E-state index contributed by atoms with van der Waals surface area (Å²) >= 11 is 0. The first-order valence-electron chi connectivity index (χ1n) is 12.3. The Balaban J connectivity index is 1.77. The fourth-order valence-corrected chi connectivity index (χ4v) is 4.74.